The van der Waals surface area contributed by atoms with E-state index in [0.29, 0.717) is 0 Å². The van der Waals surface area contributed by atoms with Crippen molar-refractivity contribution in [2.45, 2.75) is 98.4 Å². The molecule has 0 radical (unpaired) electrons. The molecule has 0 heterocycles. The molecule has 0 aromatic carbocycles. The molecule has 116 valence electrons. The second-order valence-corrected chi connectivity index (χ2v) is 6.42. The Bertz CT molecular complexity index is 169. The summed E-state index contributed by atoms with van der Waals surface area (Å²) < 4.78 is 17.8. The van der Waals surface area contributed by atoms with Gasteiger partial charge in [0.2, 0.25) is 0 Å². The lowest BCUT2D eigenvalue weighted by Crippen LogP contribution is -2.14. The van der Waals surface area contributed by atoms with E-state index in [1.54, 1.807) is 0 Å². The molecule has 0 N–H and O–H groups in total. The van der Waals surface area contributed by atoms with E-state index in [2.05, 4.69) is 41.5 Å². The second kappa shape index (κ2) is 12.1. The van der Waals surface area contributed by atoms with Crippen molar-refractivity contribution in [1.82, 2.24) is 0 Å². The highest BCUT2D eigenvalue weighted by Crippen LogP contribution is 2.45. The SMILES string of the molecule is CCCC(C)OP(OC(C)CCC)OC(C)CCC. The lowest BCUT2D eigenvalue weighted by atomic mass is 10.2. The molecular formula is C15H33O3P. The molecule has 0 fully saturated rings. The van der Waals surface area contributed by atoms with Crippen LogP contribution in [-0.2, 0) is 13.6 Å². The number of hydrogen-bond donors (Lipinski definition) is 0. The normalized spacial score (nSPS) is 18.0. The smallest absolute Gasteiger partial charge is 0.309 e. The number of hydrogen-bond acceptors (Lipinski definition) is 3. The van der Waals surface area contributed by atoms with E-state index < -0.39 is 8.60 Å². The van der Waals surface area contributed by atoms with Crippen molar-refractivity contribution < 1.29 is 13.6 Å². The van der Waals surface area contributed by atoms with Crippen molar-refractivity contribution in [2.24, 2.45) is 0 Å². The van der Waals surface area contributed by atoms with E-state index in [0.717, 1.165) is 38.5 Å². The van der Waals surface area contributed by atoms with E-state index in [1.807, 2.05) is 0 Å². The summed E-state index contributed by atoms with van der Waals surface area (Å²) in [4.78, 5) is 0. The van der Waals surface area contributed by atoms with Gasteiger partial charge in [-0.3, -0.25) is 0 Å². The van der Waals surface area contributed by atoms with Crippen molar-refractivity contribution in [2.75, 3.05) is 0 Å². The van der Waals surface area contributed by atoms with Crippen molar-refractivity contribution in [1.29, 1.82) is 0 Å². The molecule has 3 unspecified atom stereocenters. The first-order chi connectivity index (χ1) is 9.03. The van der Waals surface area contributed by atoms with Crippen LogP contribution in [0.3, 0.4) is 0 Å². The Kier molecular flexibility index (Phi) is 12.3. The fourth-order valence-corrected chi connectivity index (χ4v) is 3.24. The van der Waals surface area contributed by atoms with Gasteiger partial charge in [0.15, 0.2) is 0 Å². The van der Waals surface area contributed by atoms with Gasteiger partial charge < -0.3 is 13.6 Å². The largest absolute Gasteiger partial charge is 0.333 e. The summed E-state index contributed by atoms with van der Waals surface area (Å²) in [5.41, 5.74) is 0. The molecule has 0 saturated carbocycles. The summed E-state index contributed by atoms with van der Waals surface area (Å²) >= 11 is 0. The van der Waals surface area contributed by atoms with Crippen LogP contribution in [0.5, 0.6) is 0 Å². The zero-order valence-corrected chi connectivity index (χ0v) is 14.5. The molecule has 0 aliphatic rings. The van der Waals surface area contributed by atoms with Crippen molar-refractivity contribution in [3.05, 3.63) is 0 Å². The van der Waals surface area contributed by atoms with Crippen molar-refractivity contribution >= 4 is 8.60 Å². The van der Waals surface area contributed by atoms with Gasteiger partial charge in [-0.15, -0.1) is 0 Å². The quantitative estimate of drug-likeness (QED) is 0.424. The van der Waals surface area contributed by atoms with Crippen LogP contribution in [0.15, 0.2) is 0 Å². The molecule has 3 nitrogen and oxygen atoms in total. The highest BCUT2D eigenvalue weighted by molar-refractivity contribution is 7.41. The first-order valence-corrected chi connectivity index (χ1v) is 8.93. The highest BCUT2D eigenvalue weighted by atomic mass is 31.2. The topological polar surface area (TPSA) is 27.7 Å². The van der Waals surface area contributed by atoms with Gasteiger partial charge in [-0.1, -0.05) is 40.0 Å². The first-order valence-electron chi connectivity index (χ1n) is 7.83. The van der Waals surface area contributed by atoms with Gasteiger partial charge in [0.1, 0.15) is 0 Å². The maximum atomic E-state index is 5.95. The third-order valence-electron chi connectivity index (χ3n) is 2.88. The third kappa shape index (κ3) is 10.7. The van der Waals surface area contributed by atoms with Gasteiger partial charge in [-0.2, -0.15) is 0 Å². The summed E-state index contributed by atoms with van der Waals surface area (Å²) in [6.45, 7) is 12.8. The summed E-state index contributed by atoms with van der Waals surface area (Å²) in [6, 6.07) is 0. The molecular weight excluding hydrogens is 259 g/mol. The maximum Gasteiger partial charge on any atom is 0.333 e. The Hall–Kier alpha value is 0.310. The van der Waals surface area contributed by atoms with Gasteiger partial charge in [0.05, 0.1) is 18.3 Å². The summed E-state index contributed by atoms with van der Waals surface area (Å²) in [6.07, 6.45) is 7.15. The number of rotatable bonds is 12. The Morgan fingerprint density at radius 1 is 0.632 bits per heavy atom. The highest BCUT2D eigenvalue weighted by Gasteiger charge is 2.21. The molecule has 0 aromatic rings. The van der Waals surface area contributed by atoms with E-state index in [-0.39, 0.29) is 18.3 Å². The van der Waals surface area contributed by atoms with Crippen LogP contribution in [0.1, 0.15) is 80.1 Å². The molecule has 19 heavy (non-hydrogen) atoms. The summed E-state index contributed by atoms with van der Waals surface area (Å²) in [5, 5.41) is 0. The molecule has 0 bridgehead atoms. The van der Waals surface area contributed by atoms with Crippen molar-refractivity contribution in [3.8, 4) is 0 Å². The average Bonchev–Trinajstić information content (AvgIpc) is 2.29. The van der Waals surface area contributed by atoms with E-state index in [9.17, 15) is 0 Å². The minimum Gasteiger partial charge on any atom is -0.309 e. The molecule has 0 aromatic heterocycles. The Morgan fingerprint density at radius 2 is 0.895 bits per heavy atom. The average molecular weight is 292 g/mol. The Morgan fingerprint density at radius 3 is 1.11 bits per heavy atom. The van der Waals surface area contributed by atoms with Crippen molar-refractivity contribution in [3.63, 3.8) is 0 Å². The van der Waals surface area contributed by atoms with Gasteiger partial charge in [-0.05, 0) is 40.0 Å². The van der Waals surface area contributed by atoms with Crippen LogP contribution < -0.4 is 0 Å². The molecule has 0 aliphatic heterocycles. The lowest BCUT2D eigenvalue weighted by Gasteiger charge is -2.26. The van der Waals surface area contributed by atoms with Crippen LogP contribution in [0, 0.1) is 0 Å². The minimum absolute atomic E-state index is 0.207. The Balaban J connectivity index is 4.28. The van der Waals surface area contributed by atoms with E-state index in [1.165, 1.54) is 0 Å². The van der Waals surface area contributed by atoms with Crippen LogP contribution in [0.2, 0.25) is 0 Å². The van der Waals surface area contributed by atoms with Gasteiger partial charge >= 0.3 is 8.60 Å². The van der Waals surface area contributed by atoms with Crippen LogP contribution >= 0.6 is 8.60 Å². The zero-order chi connectivity index (χ0) is 14.7. The van der Waals surface area contributed by atoms with Gasteiger partial charge in [-0.25, -0.2) is 0 Å². The first kappa shape index (κ1) is 19.3. The molecule has 4 heteroatoms. The molecule has 0 rings (SSSR count). The second-order valence-electron chi connectivity index (χ2n) is 5.34. The predicted octanol–water partition coefficient (Wildman–Crippen LogP) is 5.83. The Labute approximate surface area is 121 Å². The minimum atomic E-state index is -1.21. The van der Waals surface area contributed by atoms with Crippen LogP contribution in [0.25, 0.3) is 0 Å². The third-order valence-corrected chi connectivity index (χ3v) is 4.48. The standard InChI is InChI=1S/C15H33O3P/c1-7-10-13(4)16-19(17-14(5)11-8-2)18-15(6)12-9-3/h13-15H,7-12H2,1-6H3. The predicted molar refractivity (Wildman–Crippen MR) is 83.3 cm³/mol. The molecule has 0 spiro atoms. The molecule has 0 amide bonds. The maximum absolute atomic E-state index is 5.95. The lowest BCUT2D eigenvalue weighted by molar-refractivity contribution is 0.0720. The summed E-state index contributed by atoms with van der Waals surface area (Å²) in [5.74, 6) is 0. The molecule has 0 aliphatic carbocycles. The molecule has 0 saturated heterocycles. The van der Waals surface area contributed by atoms with E-state index in [4.69, 9.17) is 13.6 Å². The van der Waals surface area contributed by atoms with Crippen LogP contribution in [0.4, 0.5) is 0 Å². The molecule has 3 atom stereocenters. The van der Waals surface area contributed by atoms with E-state index >= 15 is 0 Å². The monoisotopic (exact) mass is 292 g/mol. The fraction of sp³-hybridized carbons (Fsp3) is 1.00. The van der Waals surface area contributed by atoms with Crippen LogP contribution in [-0.4, -0.2) is 18.3 Å². The van der Waals surface area contributed by atoms with Gasteiger partial charge in [0.25, 0.3) is 0 Å². The van der Waals surface area contributed by atoms with Gasteiger partial charge in [0, 0.05) is 0 Å². The fourth-order valence-electron chi connectivity index (χ4n) is 1.89. The zero-order valence-electron chi connectivity index (χ0n) is 13.6. The summed E-state index contributed by atoms with van der Waals surface area (Å²) in [7, 11) is -1.21.